The van der Waals surface area contributed by atoms with Crippen LogP contribution in [-0.4, -0.2) is 31.6 Å². The summed E-state index contributed by atoms with van der Waals surface area (Å²) in [5, 5.41) is 1.08. The zero-order valence-electron chi connectivity index (χ0n) is 10.2. The van der Waals surface area contributed by atoms with Crippen molar-refractivity contribution in [1.29, 1.82) is 0 Å². The van der Waals surface area contributed by atoms with Crippen LogP contribution in [0, 0.1) is 0 Å². The highest BCUT2D eigenvalue weighted by molar-refractivity contribution is 7.18. The Morgan fingerprint density at radius 1 is 1.71 bits per heavy atom. The maximum Gasteiger partial charge on any atom is 0.174 e. The molecular weight excluding hydrogens is 236 g/mol. The standard InChI is InChI=1S/C12H18N2O2S/c1-3-10(15)12-9(13)6-11(17-12)14-4-5-16-8(2)7-14/h6,8H,3-5,7,13H2,1-2H3. The number of anilines is 2. The van der Waals surface area contributed by atoms with E-state index in [1.165, 1.54) is 11.3 Å². The lowest BCUT2D eigenvalue weighted by Gasteiger charge is -2.31. The molecule has 1 unspecified atom stereocenters. The minimum absolute atomic E-state index is 0.125. The minimum Gasteiger partial charge on any atom is -0.397 e. The van der Waals surface area contributed by atoms with Crippen LogP contribution in [0.1, 0.15) is 29.9 Å². The van der Waals surface area contributed by atoms with Gasteiger partial charge in [0.05, 0.1) is 28.3 Å². The zero-order valence-corrected chi connectivity index (χ0v) is 11.0. The van der Waals surface area contributed by atoms with Crippen molar-refractivity contribution in [2.24, 2.45) is 0 Å². The van der Waals surface area contributed by atoms with Gasteiger partial charge in [-0.1, -0.05) is 6.92 Å². The molecule has 0 amide bonds. The Morgan fingerprint density at radius 3 is 3.12 bits per heavy atom. The second-order valence-electron chi connectivity index (χ2n) is 4.27. The third kappa shape index (κ3) is 2.61. The topological polar surface area (TPSA) is 55.6 Å². The molecule has 0 radical (unpaired) electrons. The molecule has 1 fully saturated rings. The van der Waals surface area contributed by atoms with E-state index < -0.39 is 0 Å². The first-order valence-electron chi connectivity index (χ1n) is 5.91. The van der Waals surface area contributed by atoms with Crippen molar-refractivity contribution in [3.05, 3.63) is 10.9 Å². The predicted octanol–water partition coefficient (Wildman–Crippen LogP) is 2.15. The molecule has 0 saturated carbocycles. The number of nitrogens with two attached hydrogens (primary N) is 1. The average Bonchev–Trinajstić information content (AvgIpc) is 2.70. The lowest BCUT2D eigenvalue weighted by Crippen LogP contribution is -2.40. The maximum absolute atomic E-state index is 11.7. The summed E-state index contributed by atoms with van der Waals surface area (Å²) in [5.74, 6) is 0.125. The maximum atomic E-state index is 11.7. The molecular formula is C12H18N2O2S. The van der Waals surface area contributed by atoms with E-state index in [9.17, 15) is 4.79 Å². The first-order valence-corrected chi connectivity index (χ1v) is 6.72. The summed E-state index contributed by atoms with van der Waals surface area (Å²) < 4.78 is 5.50. The number of carbonyl (C=O) groups is 1. The van der Waals surface area contributed by atoms with Gasteiger partial charge in [0.25, 0.3) is 0 Å². The van der Waals surface area contributed by atoms with E-state index in [1.54, 1.807) is 0 Å². The Labute approximate surface area is 105 Å². The molecule has 5 heteroatoms. The van der Waals surface area contributed by atoms with Crippen molar-refractivity contribution in [1.82, 2.24) is 0 Å². The Kier molecular flexibility index (Phi) is 3.69. The second-order valence-corrected chi connectivity index (χ2v) is 5.30. The first-order chi connectivity index (χ1) is 8.11. The van der Waals surface area contributed by atoms with Gasteiger partial charge in [0, 0.05) is 19.5 Å². The summed E-state index contributed by atoms with van der Waals surface area (Å²) in [6.45, 7) is 6.37. The number of nitrogens with zero attached hydrogens (tertiary/aromatic N) is 1. The largest absolute Gasteiger partial charge is 0.397 e. The van der Waals surface area contributed by atoms with Crippen LogP contribution in [0.4, 0.5) is 10.7 Å². The Hall–Kier alpha value is -1.07. The Bertz CT molecular complexity index is 417. The van der Waals surface area contributed by atoms with Crippen LogP contribution in [0.25, 0.3) is 0 Å². The van der Waals surface area contributed by atoms with E-state index in [1.807, 2.05) is 13.0 Å². The first kappa shape index (κ1) is 12.4. The number of Topliss-reactive ketones (excluding diaryl/α,β-unsaturated/α-hetero) is 1. The van der Waals surface area contributed by atoms with Crippen molar-refractivity contribution < 1.29 is 9.53 Å². The number of thiophene rings is 1. The number of rotatable bonds is 3. The molecule has 1 aliphatic heterocycles. The van der Waals surface area contributed by atoms with E-state index in [-0.39, 0.29) is 11.9 Å². The van der Waals surface area contributed by atoms with Crippen molar-refractivity contribution in [2.45, 2.75) is 26.4 Å². The molecule has 0 aromatic carbocycles. The summed E-state index contributed by atoms with van der Waals surface area (Å²) >= 11 is 1.50. The number of nitrogen functional groups attached to an aromatic ring is 1. The SMILES string of the molecule is CCC(=O)c1sc(N2CCOC(C)C2)cc1N. The number of carbonyl (C=O) groups excluding carboxylic acids is 1. The van der Waals surface area contributed by atoms with Crippen LogP contribution in [0.3, 0.4) is 0 Å². The van der Waals surface area contributed by atoms with E-state index in [2.05, 4.69) is 11.8 Å². The molecule has 94 valence electrons. The third-order valence-corrected chi connectivity index (χ3v) is 4.13. The van der Waals surface area contributed by atoms with Gasteiger partial charge >= 0.3 is 0 Å². The van der Waals surface area contributed by atoms with Gasteiger partial charge in [-0.3, -0.25) is 4.79 Å². The zero-order chi connectivity index (χ0) is 12.4. The van der Waals surface area contributed by atoms with E-state index in [4.69, 9.17) is 10.5 Å². The molecule has 2 heterocycles. The van der Waals surface area contributed by atoms with Crippen LogP contribution in [0.15, 0.2) is 6.07 Å². The molecule has 0 spiro atoms. The van der Waals surface area contributed by atoms with Gasteiger partial charge in [0.2, 0.25) is 0 Å². The molecule has 1 saturated heterocycles. The molecule has 1 atom stereocenters. The average molecular weight is 254 g/mol. The molecule has 1 aromatic rings. The summed E-state index contributed by atoms with van der Waals surface area (Å²) in [6.07, 6.45) is 0.737. The fourth-order valence-electron chi connectivity index (χ4n) is 1.94. The smallest absolute Gasteiger partial charge is 0.174 e. The van der Waals surface area contributed by atoms with Gasteiger partial charge in [0.15, 0.2) is 5.78 Å². The van der Waals surface area contributed by atoms with E-state index in [0.717, 1.165) is 24.7 Å². The van der Waals surface area contributed by atoms with Crippen molar-refractivity contribution in [3.8, 4) is 0 Å². The Balaban J connectivity index is 2.19. The van der Waals surface area contributed by atoms with Crippen LogP contribution in [-0.2, 0) is 4.74 Å². The van der Waals surface area contributed by atoms with Crippen LogP contribution < -0.4 is 10.6 Å². The summed E-state index contributed by atoms with van der Waals surface area (Å²) in [5.41, 5.74) is 6.50. The van der Waals surface area contributed by atoms with Crippen LogP contribution >= 0.6 is 11.3 Å². The van der Waals surface area contributed by atoms with Gasteiger partial charge in [-0.05, 0) is 13.0 Å². The molecule has 1 aromatic heterocycles. The van der Waals surface area contributed by atoms with Crippen molar-refractivity contribution in [2.75, 3.05) is 30.3 Å². The molecule has 2 N–H and O–H groups in total. The molecule has 17 heavy (non-hydrogen) atoms. The van der Waals surface area contributed by atoms with Crippen LogP contribution in [0.2, 0.25) is 0 Å². The summed E-state index contributed by atoms with van der Waals surface area (Å²) in [6, 6.07) is 1.91. The number of morpholine rings is 1. The third-order valence-electron chi connectivity index (χ3n) is 2.87. The fraction of sp³-hybridized carbons (Fsp3) is 0.583. The van der Waals surface area contributed by atoms with E-state index >= 15 is 0 Å². The van der Waals surface area contributed by atoms with Gasteiger partial charge in [-0.15, -0.1) is 11.3 Å². The molecule has 1 aliphatic rings. The number of ketones is 1. The number of hydrogen-bond donors (Lipinski definition) is 1. The second kappa shape index (κ2) is 5.06. The van der Waals surface area contributed by atoms with Gasteiger partial charge < -0.3 is 15.4 Å². The Morgan fingerprint density at radius 2 is 2.47 bits per heavy atom. The molecule has 4 nitrogen and oxygen atoms in total. The van der Waals surface area contributed by atoms with Crippen LogP contribution in [0.5, 0.6) is 0 Å². The number of hydrogen-bond acceptors (Lipinski definition) is 5. The molecule has 2 rings (SSSR count). The van der Waals surface area contributed by atoms with Gasteiger partial charge in [-0.2, -0.15) is 0 Å². The molecule has 0 aliphatic carbocycles. The lowest BCUT2D eigenvalue weighted by atomic mass is 10.2. The fourth-order valence-corrected chi connectivity index (χ4v) is 3.07. The lowest BCUT2D eigenvalue weighted by molar-refractivity contribution is 0.0534. The quantitative estimate of drug-likeness (QED) is 0.840. The monoisotopic (exact) mass is 254 g/mol. The normalized spacial score (nSPS) is 20.6. The highest BCUT2D eigenvalue weighted by Gasteiger charge is 2.21. The number of ether oxygens (including phenoxy) is 1. The highest BCUT2D eigenvalue weighted by Crippen LogP contribution is 2.33. The molecule has 0 bridgehead atoms. The minimum atomic E-state index is 0.125. The van der Waals surface area contributed by atoms with Crippen molar-refractivity contribution in [3.63, 3.8) is 0 Å². The van der Waals surface area contributed by atoms with Gasteiger partial charge in [-0.25, -0.2) is 0 Å². The predicted molar refractivity (Wildman–Crippen MR) is 71.0 cm³/mol. The summed E-state index contributed by atoms with van der Waals surface area (Å²) in [7, 11) is 0. The van der Waals surface area contributed by atoms with Gasteiger partial charge in [0.1, 0.15) is 0 Å². The highest BCUT2D eigenvalue weighted by atomic mass is 32.1. The summed E-state index contributed by atoms with van der Waals surface area (Å²) in [4.78, 5) is 14.6. The van der Waals surface area contributed by atoms with Crippen molar-refractivity contribution >= 4 is 27.8 Å². The van der Waals surface area contributed by atoms with E-state index in [0.29, 0.717) is 17.0 Å².